The number of Topliss-reactive ketones (excluding diaryl/α,β-unsaturated/α-hetero) is 1. The van der Waals surface area contributed by atoms with E-state index in [0.29, 0.717) is 12.3 Å². The minimum absolute atomic E-state index is 0.0641. The molecule has 26 heavy (non-hydrogen) atoms. The van der Waals surface area contributed by atoms with Crippen LogP contribution in [0.2, 0.25) is 0 Å². The molecule has 1 unspecified atom stereocenters. The maximum Gasteiger partial charge on any atom is 0.346 e. The van der Waals surface area contributed by atoms with Crippen molar-refractivity contribution in [1.29, 1.82) is 0 Å². The predicted octanol–water partition coefficient (Wildman–Crippen LogP) is 3.99. The molecule has 4 rings (SSSR count). The Morgan fingerprint density at radius 1 is 1.19 bits per heavy atom. The number of H-pyrrole nitrogens is 1. The number of carbonyl (C=O) groups excluding carboxylic acids is 2. The number of benzene rings is 1. The van der Waals surface area contributed by atoms with E-state index in [0.717, 1.165) is 29.3 Å². The van der Waals surface area contributed by atoms with Crippen molar-refractivity contribution in [2.75, 3.05) is 0 Å². The summed E-state index contributed by atoms with van der Waals surface area (Å²) in [5.41, 5.74) is 1.59. The minimum atomic E-state index is -0.687. The fourth-order valence-corrected chi connectivity index (χ4v) is 4.19. The SMILES string of the molecule is O=C(Cc1c[nH]c2ccccc12)C1=C(O)C(CC2CCCCC2)OC1=O. The molecule has 2 N–H and O–H groups in total. The third-order valence-electron chi connectivity index (χ3n) is 5.59. The van der Waals surface area contributed by atoms with Gasteiger partial charge in [-0.25, -0.2) is 4.79 Å². The summed E-state index contributed by atoms with van der Waals surface area (Å²) in [6.07, 6.45) is 7.60. The Bertz CT molecular complexity index is 873. The highest BCUT2D eigenvalue weighted by atomic mass is 16.6. The molecular weight excluding hydrogens is 330 g/mol. The number of aliphatic hydroxyl groups excluding tert-OH is 1. The van der Waals surface area contributed by atoms with E-state index in [1.165, 1.54) is 19.3 Å². The molecule has 2 aliphatic rings. The van der Waals surface area contributed by atoms with E-state index in [9.17, 15) is 14.7 Å². The number of aliphatic hydroxyl groups is 1. The fraction of sp³-hybridized carbons (Fsp3) is 0.429. The zero-order chi connectivity index (χ0) is 18.1. The number of ketones is 1. The summed E-state index contributed by atoms with van der Waals surface area (Å²) in [5, 5.41) is 11.4. The number of hydrogen-bond acceptors (Lipinski definition) is 4. The largest absolute Gasteiger partial charge is 0.507 e. The van der Waals surface area contributed by atoms with Gasteiger partial charge in [0.05, 0.1) is 0 Å². The van der Waals surface area contributed by atoms with Crippen LogP contribution < -0.4 is 0 Å². The van der Waals surface area contributed by atoms with Gasteiger partial charge in [-0.2, -0.15) is 0 Å². The van der Waals surface area contributed by atoms with Crippen molar-refractivity contribution in [3.05, 3.63) is 47.4 Å². The molecule has 5 nitrogen and oxygen atoms in total. The number of cyclic esters (lactones) is 1. The van der Waals surface area contributed by atoms with Crippen LogP contribution >= 0.6 is 0 Å². The molecule has 0 amide bonds. The number of aromatic nitrogens is 1. The average molecular weight is 353 g/mol. The highest BCUT2D eigenvalue weighted by molar-refractivity contribution is 6.20. The number of carbonyl (C=O) groups is 2. The van der Waals surface area contributed by atoms with Crippen molar-refractivity contribution in [1.82, 2.24) is 4.98 Å². The van der Waals surface area contributed by atoms with E-state index in [2.05, 4.69) is 4.98 Å². The van der Waals surface area contributed by atoms with Gasteiger partial charge in [-0.3, -0.25) is 4.79 Å². The van der Waals surface area contributed by atoms with Crippen LogP contribution in [-0.4, -0.2) is 27.9 Å². The molecule has 1 atom stereocenters. The van der Waals surface area contributed by atoms with E-state index in [1.54, 1.807) is 6.20 Å². The maximum atomic E-state index is 12.7. The van der Waals surface area contributed by atoms with Gasteiger partial charge in [-0.1, -0.05) is 50.3 Å². The summed E-state index contributed by atoms with van der Waals surface area (Å²) in [4.78, 5) is 28.0. The lowest BCUT2D eigenvalue weighted by Gasteiger charge is -2.23. The molecule has 0 saturated heterocycles. The summed E-state index contributed by atoms with van der Waals surface area (Å²) in [7, 11) is 0. The normalized spacial score (nSPS) is 21.4. The number of fused-ring (bicyclic) bond motifs is 1. The molecular formula is C21H23NO4. The summed E-state index contributed by atoms with van der Waals surface area (Å²) in [6.45, 7) is 0. The number of aromatic amines is 1. The van der Waals surface area contributed by atoms with Crippen molar-refractivity contribution in [2.45, 2.75) is 51.0 Å². The molecule has 136 valence electrons. The monoisotopic (exact) mass is 353 g/mol. The van der Waals surface area contributed by atoms with Crippen LogP contribution in [0.3, 0.4) is 0 Å². The van der Waals surface area contributed by atoms with E-state index in [4.69, 9.17) is 4.74 Å². The van der Waals surface area contributed by atoms with Gasteiger partial charge in [0.1, 0.15) is 5.57 Å². The highest BCUT2D eigenvalue weighted by Gasteiger charge is 2.39. The second-order valence-electron chi connectivity index (χ2n) is 7.35. The smallest absolute Gasteiger partial charge is 0.346 e. The zero-order valence-corrected chi connectivity index (χ0v) is 14.7. The third-order valence-corrected chi connectivity index (χ3v) is 5.59. The molecule has 0 bridgehead atoms. The van der Waals surface area contributed by atoms with Gasteiger partial charge < -0.3 is 14.8 Å². The van der Waals surface area contributed by atoms with Gasteiger partial charge >= 0.3 is 5.97 Å². The quantitative estimate of drug-likeness (QED) is 0.629. The van der Waals surface area contributed by atoms with E-state index in [-0.39, 0.29) is 23.5 Å². The van der Waals surface area contributed by atoms with Gasteiger partial charge in [0.25, 0.3) is 0 Å². The number of rotatable bonds is 5. The Balaban J connectivity index is 1.51. The molecule has 2 heterocycles. The van der Waals surface area contributed by atoms with Crippen LogP contribution in [0.5, 0.6) is 0 Å². The molecule has 0 spiro atoms. The van der Waals surface area contributed by atoms with Gasteiger partial charge in [0.2, 0.25) is 0 Å². The second kappa shape index (κ2) is 6.98. The summed E-state index contributed by atoms with van der Waals surface area (Å²) in [6, 6.07) is 7.69. The fourth-order valence-electron chi connectivity index (χ4n) is 4.19. The third kappa shape index (κ3) is 3.14. The van der Waals surface area contributed by atoms with Crippen LogP contribution in [0.4, 0.5) is 0 Å². The molecule has 1 fully saturated rings. The lowest BCUT2D eigenvalue weighted by atomic mass is 9.85. The standard InChI is InChI=1S/C21H23NO4/c23-17(11-14-12-22-16-9-5-4-8-15(14)16)19-20(24)18(26-21(19)25)10-13-6-2-1-3-7-13/h4-5,8-9,12-13,18,22,24H,1-3,6-7,10-11H2. The lowest BCUT2D eigenvalue weighted by Crippen LogP contribution is -2.18. The van der Waals surface area contributed by atoms with Crippen LogP contribution in [0.15, 0.2) is 41.8 Å². The minimum Gasteiger partial charge on any atom is -0.507 e. The molecule has 0 radical (unpaired) electrons. The van der Waals surface area contributed by atoms with Gasteiger partial charge in [0, 0.05) is 23.5 Å². The number of para-hydroxylation sites is 1. The van der Waals surface area contributed by atoms with E-state index >= 15 is 0 Å². The van der Waals surface area contributed by atoms with Crippen molar-refractivity contribution >= 4 is 22.7 Å². The molecule has 1 aromatic heterocycles. The van der Waals surface area contributed by atoms with E-state index in [1.807, 2.05) is 24.3 Å². The van der Waals surface area contributed by atoms with Crippen molar-refractivity contribution < 1.29 is 19.4 Å². The Morgan fingerprint density at radius 2 is 1.96 bits per heavy atom. The Hall–Kier alpha value is -2.56. The van der Waals surface area contributed by atoms with Crippen LogP contribution in [0.1, 0.15) is 44.1 Å². The van der Waals surface area contributed by atoms with Crippen LogP contribution in [0.25, 0.3) is 10.9 Å². The molecule has 1 saturated carbocycles. The average Bonchev–Trinajstić information content (AvgIpc) is 3.17. The number of hydrogen-bond donors (Lipinski definition) is 2. The lowest BCUT2D eigenvalue weighted by molar-refractivity contribution is -0.141. The predicted molar refractivity (Wildman–Crippen MR) is 97.7 cm³/mol. The van der Waals surface area contributed by atoms with Crippen LogP contribution in [0, 0.1) is 5.92 Å². The summed E-state index contributed by atoms with van der Waals surface area (Å²) in [5.74, 6) is -0.797. The Kier molecular flexibility index (Phi) is 4.53. The Morgan fingerprint density at radius 3 is 2.77 bits per heavy atom. The van der Waals surface area contributed by atoms with Crippen LogP contribution in [-0.2, 0) is 20.7 Å². The zero-order valence-electron chi connectivity index (χ0n) is 14.7. The van der Waals surface area contributed by atoms with Gasteiger partial charge in [-0.05, 0) is 24.0 Å². The first-order chi connectivity index (χ1) is 12.6. The van der Waals surface area contributed by atoms with Crippen molar-refractivity contribution in [3.8, 4) is 0 Å². The highest BCUT2D eigenvalue weighted by Crippen LogP contribution is 2.33. The Labute approximate surface area is 152 Å². The number of ether oxygens (including phenoxy) is 1. The summed E-state index contributed by atoms with van der Waals surface area (Å²) >= 11 is 0. The second-order valence-corrected chi connectivity index (χ2v) is 7.35. The molecule has 2 aromatic rings. The molecule has 1 aromatic carbocycles. The van der Waals surface area contributed by atoms with Crippen molar-refractivity contribution in [3.63, 3.8) is 0 Å². The first-order valence-corrected chi connectivity index (χ1v) is 9.36. The molecule has 1 aliphatic heterocycles. The number of nitrogens with one attached hydrogen (secondary N) is 1. The maximum absolute atomic E-state index is 12.7. The molecule has 5 heteroatoms. The first-order valence-electron chi connectivity index (χ1n) is 9.36. The van der Waals surface area contributed by atoms with Gasteiger partial charge in [-0.15, -0.1) is 0 Å². The van der Waals surface area contributed by atoms with Crippen molar-refractivity contribution in [2.24, 2.45) is 5.92 Å². The number of esters is 1. The summed E-state index contributed by atoms with van der Waals surface area (Å²) < 4.78 is 5.33. The van der Waals surface area contributed by atoms with Gasteiger partial charge in [0.15, 0.2) is 17.6 Å². The first kappa shape index (κ1) is 16.9. The van der Waals surface area contributed by atoms with E-state index < -0.39 is 12.1 Å². The topological polar surface area (TPSA) is 79.4 Å². The molecule has 1 aliphatic carbocycles.